The number of hydrogen-bond donors (Lipinski definition) is 2. The van der Waals surface area contributed by atoms with E-state index in [9.17, 15) is 13.2 Å². The number of nitrogens with one attached hydrogen (secondary N) is 2. The van der Waals surface area contributed by atoms with Gasteiger partial charge in [0.25, 0.3) is 10.2 Å². The number of thiophene rings is 1. The Labute approximate surface area is 149 Å². The van der Waals surface area contributed by atoms with Gasteiger partial charge < -0.3 is 5.32 Å². The second-order valence-electron chi connectivity index (χ2n) is 5.45. The van der Waals surface area contributed by atoms with E-state index < -0.39 is 22.3 Å². The van der Waals surface area contributed by atoms with E-state index in [2.05, 4.69) is 10.0 Å². The number of rotatable bonds is 3. The summed E-state index contributed by atoms with van der Waals surface area (Å²) in [6.45, 7) is 0. The molecule has 1 amide bonds. The monoisotopic (exact) mass is 385 g/mol. The second kappa shape index (κ2) is 6.81. The number of hydrogen-bond acceptors (Lipinski definition) is 4. The van der Waals surface area contributed by atoms with Gasteiger partial charge in [0, 0.05) is 22.6 Å². The summed E-state index contributed by atoms with van der Waals surface area (Å²) in [7, 11) is -2.32. The minimum Gasteiger partial charge on any atom is -0.325 e. The zero-order valence-electron chi connectivity index (χ0n) is 12.8. The Morgan fingerprint density at radius 2 is 2.04 bits per heavy atom. The zero-order valence-corrected chi connectivity index (χ0v) is 15.2. The molecule has 128 valence electrons. The molecule has 0 saturated carbocycles. The van der Waals surface area contributed by atoms with Gasteiger partial charge in [-0.2, -0.15) is 17.4 Å². The van der Waals surface area contributed by atoms with Crippen LogP contribution in [-0.2, 0) is 15.0 Å². The fourth-order valence-corrected chi connectivity index (χ4v) is 4.80. The number of nitrogens with zero attached hydrogens (tertiary/aromatic N) is 1. The van der Waals surface area contributed by atoms with Crippen LogP contribution in [0.15, 0.2) is 41.8 Å². The highest BCUT2D eigenvalue weighted by molar-refractivity contribution is 7.87. The highest BCUT2D eigenvalue weighted by Gasteiger charge is 2.40. The van der Waals surface area contributed by atoms with Crippen LogP contribution in [0, 0.1) is 0 Å². The molecule has 0 radical (unpaired) electrons. The van der Waals surface area contributed by atoms with Gasteiger partial charge in [0.2, 0.25) is 5.91 Å². The molecule has 2 aromatic rings. The maximum absolute atomic E-state index is 12.6. The summed E-state index contributed by atoms with van der Waals surface area (Å²) >= 11 is 7.29. The molecule has 9 heteroatoms. The van der Waals surface area contributed by atoms with E-state index in [-0.39, 0.29) is 5.91 Å². The summed E-state index contributed by atoms with van der Waals surface area (Å²) in [5.41, 5.74) is 0.571. The van der Waals surface area contributed by atoms with Crippen molar-refractivity contribution in [3.8, 4) is 0 Å². The molecule has 2 N–H and O–H groups in total. The van der Waals surface area contributed by atoms with Gasteiger partial charge in [-0.15, -0.1) is 11.3 Å². The Bertz CT molecular complexity index is 822. The van der Waals surface area contributed by atoms with Gasteiger partial charge in [-0.05, 0) is 42.1 Å². The molecule has 0 unspecified atom stereocenters. The van der Waals surface area contributed by atoms with E-state index in [0.29, 0.717) is 17.1 Å². The van der Waals surface area contributed by atoms with E-state index in [0.717, 1.165) is 9.18 Å². The lowest BCUT2D eigenvalue weighted by atomic mass is 10.1. The molecule has 0 aliphatic carbocycles. The van der Waals surface area contributed by atoms with Crippen molar-refractivity contribution in [1.82, 2.24) is 9.03 Å². The maximum atomic E-state index is 12.6. The first-order valence-corrected chi connectivity index (χ1v) is 9.92. The van der Waals surface area contributed by atoms with Gasteiger partial charge in [-0.25, -0.2) is 0 Å². The van der Waals surface area contributed by atoms with Crippen LogP contribution in [0.2, 0.25) is 5.02 Å². The molecule has 1 aliphatic rings. The van der Waals surface area contributed by atoms with Crippen molar-refractivity contribution in [1.29, 1.82) is 0 Å². The Balaban J connectivity index is 1.81. The van der Waals surface area contributed by atoms with Crippen molar-refractivity contribution in [3.05, 3.63) is 51.7 Å². The average Bonchev–Trinajstić information content (AvgIpc) is 3.06. The van der Waals surface area contributed by atoms with E-state index in [1.165, 1.54) is 18.4 Å². The quantitative estimate of drug-likeness (QED) is 0.852. The third-order valence-electron chi connectivity index (χ3n) is 3.87. The SMILES string of the molecule is CN1[C@H](C(=O)Nc2ccc(Cl)cc2)C[C@H](c2cccs2)NS1(=O)=O. The van der Waals surface area contributed by atoms with Crippen LogP contribution in [0.4, 0.5) is 5.69 Å². The number of amides is 1. The Kier molecular flexibility index (Phi) is 4.93. The Hall–Kier alpha value is -1.45. The van der Waals surface area contributed by atoms with E-state index >= 15 is 0 Å². The fourth-order valence-electron chi connectivity index (χ4n) is 2.54. The largest absolute Gasteiger partial charge is 0.325 e. The lowest BCUT2D eigenvalue weighted by Crippen LogP contribution is -2.55. The smallest absolute Gasteiger partial charge is 0.280 e. The minimum absolute atomic E-state index is 0.357. The normalized spacial score (nSPS) is 23.8. The lowest BCUT2D eigenvalue weighted by Gasteiger charge is -2.35. The van der Waals surface area contributed by atoms with E-state index in [1.54, 1.807) is 24.3 Å². The van der Waals surface area contributed by atoms with Crippen LogP contribution in [0.3, 0.4) is 0 Å². The molecule has 24 heavy (non-hydrogen) atoms. The second-order valence-corrected chi connectivity index (χ2v) is 8.63. The zero-order chi connectivity index (χ0) is 17.3. The van der Waals surface area contributed by atoms with E-state index in [1.807, 2.05) is 17.5 Å². The molecule has 0 spiro atoms. The number of halogens is 1. The van der Waals surface area contributed by atoms with Crippen LogP contribution < -0.4 is 10.0 Å². The third-order valence-corrected chi connectivity index (χ3v) is 6.70. The van der Waals surface area contributed by atoms with Crippen molar-refractivity contribution in [2.24, 2.45) is 0 Å². The molecule has 1 aromatic heterocycles. The molecule has 1 fully saturated rings. The number of carbonyl (C=O) groups is 1. The van der Waals surface area contributed by atoms with Gasteiger partial charge in [-0.3, -0.25) is 4.79 Å². The molecule has 2 atom stereocenters. The Morgan fingerprint density at radius 1 is 1.33 bits per heavy atom. The van der Waals surface area contributed by atoms with Gasteiger partial charge in [0.05, 0.1) is 6.04 Å². The molecule has 1 saturated heterocycles. The molecular formula is C15H16ClN3O3S2. The summed E-state index contributed by atoms with van der Waals surface area (Å²) in [6, 6.07) is 9.18. The number of benzene rings is 1. The molecule has 3 rings (SSSR count). The number of anilines is 1. The standard InChI is InChI=1S/C15H16ClN3O3S2/c1-19-13(15(20)17-11-6-4-10(16)5-7-11)9-12(18-24(19,21)22)14-3-2-8-23-14/h2-8,12-13,18H,9H2,1H3,(H,17,20)/t12-,13+/m1/s1. The Morgan fingerprint density at radius 3 is 2.67 bits per heavy atom. The van der Waals surface area contributed by atoms with Crippen LogP contribution in [0.25, 0.3) is 0 Å². The predicted molar refractivity (Wildman–Crippen MR) is 95.4 cm³/mol. The summed E-state index contributed by atoms with van der Waals surface area (Å²) < 4.78 is 28.3. The van der Waals surface area contributed by atoms with Crippen LogP contribution in [-0.4, -0.2) is 31.7 Å². The topological polar surface area (TPSA) is 78.5 Å². The minimum atomic E-state index is -3.72. The van der Waals surface area contributed by atoms with Gasteiger partial charge >= 0.3 is 0 Å². The summed E-state index contributed by atoms with van der Waals surface area (Å²) in [5.74, 6) is -0.369. The van der Waals surface area contributed by atoms with Crippen molar-refractivity contribution >= 4 is 44.7 Å². The number of likely N-dealkylation sites (N-methyl/N-ethyl adjacent to an activating group) is 1. The first kappa shape index (κ1) is 17.4. The molecular weight excluding hydrogens is 370 g/mol. The third kappa shape index (κ3) is 3.62. The average molecular weight is 386 g/mol. The molecule has 1 aliphatic heterocycles. The first-order valence-electron chi connectivity index (χ1n) is 7.22. The first-order chi connectivity index (χ1) is 11.4. The van der Waals surface area contributed by atoms with E-state index in [4.69, 9.17) is 11.6 Å². The van der Waals surface area contributed by atoms with Crippen molar-refractivity contribution in [2.45, 2.75) is 18.5 Å². The van der Waals surface area contributed by atoms with Crippen molar-refractivity contribution in [2.75, 3.05) is 12.4 Å². The highest BCUT2D eigenvalue weighted by atomic mass is 35.5. The summed E-state index contributed by atoms with van der Waals surface area (Å²) in [4.78, 5) is 13.5. The van der Waals surface area contributed by atoms with Gasteiger partial charge in [0.15, 0.2) is 0 Å². The van der Waals surface area contributed by atoms with Crippen LogP contribution in [0.5, 0.6) is 0 Å². The maximum Gasteiger partial charge on any atom is 0.280 e. The highest BCUT2D eigenvalue weighted by Crippen LogP contribution is 2.30. The summed E-state index contributed by atoms with van der Waals surface area (Å²) in [5, 5.41) is 5.19. The molecule has 2 heterocycles. The summed E-state index contributed by atoms with van der Waals surface area (Å²) in [6.07, 6.45) is 0.357. The lowest BCUT2D eigenvalue weighted by molar-refractivity contribution is -0.120. The van der Waals surface area contributed by atoms with Crippen molar-refractivity contribution < 1.29 is 13.2 Å². The van der Waals surface area contributed by atoms with Crippen molar-refractivity contribution in [3.63, 3.8) is 0 Å². The van der Waals surface area contributed by atoms with Gasteiger partial charge in [0.1, 0.15) is 6.04 Å². The predicted octanol–water partition coefficient (Wildman–Crippen LogP) is 2.62. The number of carbonyl (C=O) groups excluding carboxylic acids is 1. The van der Waals surface area contributed by atoms with Gasteiger partial charge in [-0.1, -0.05) is 17.7 Å². The van der Waals surface area contributed by atoms with Crippen LogP contribution >= 0.6 is 22.9 Å². The fraction of sp³-hybridized carbons (Fsp3) is 0.267. The molecule has 1 aromatic carbocycles. The molecule has 0 bridgehead atoms. The van der Waals surface area contributed by atoms with Crippen LogP contribution in [0.1, 0.15) is 17.3 Å². The molecule has 6 nitrogen and oxygen atoms in total.